The first-order valence-electron chi connectivity index (χ1n) is 3.76. The SMILES string of the molecule is CNC1=CCC(Cl)C(C(F)(F)F)=C1. The van der Waals surface area contributed by atoms with Crippen molar-refractivity contribution in [2.75, 3.05) is 7.05 Å². The van der Waals surface area contributed by atoms with Crippen LogP contribution < -0.4 is 5.32 Å². The molecular weight excluding hydrogens is 203 g/mol. The van der Waals surface area contributed by atoms with E-state index in [2.05, 4.69) is 5.32 Å². The lowest BCUT2D eigenvalue weighted by Gasteiger charge is -2.20. The Labute approximate surface area is 79.3 Å². The van der Waals surface area contributed by atoms with E-state index in [1.807, 2.05) is 0 Å². The first-order valence-corrected chi connectivity index (χ1v) is 4.19. The molecule has 1 aliphatic carbocycles. The van der Waals surface area contributed by atoms with E-state index in [0.717, 1.165) is 6.08 Å². The van der Waals surface area contributed by atoms with Crippen LogP contribution in [0, 0.1) is 0 Å². The van der Waals surface area contributed by atoms with Crippen molar-refractivity contribution >= 4 is 11.6 Å². The molecule has 1 N–H and O–H groups in total. The molecule has 0 bridgehead atoms. The fourth-order valence-corrected chi connectivity index (χ4v) is 1.38. The summed E-state index contributed by atoms with van der Waals surface area (Å²) in [5.41, 5.74) is -0.217. The van der Waals surface area contributed by atoms with Crippen LogP contribution in [0.4, 0.5) is 13.2 Å². The van der Waals surface area contributed by atoms with E-state index < -0.39 is 17.1 Å². The second kappa shape index (κ2) is 3.62. The molecule has 0 aromatic carbocycles. The van der Waals surface area contributed by atoms with Crippen molar-refractivity contribution in [2.45, 2.75) is 18.0 Å². The van der Waals surface area contributed by atoms with E-state index in [-0.39, 0.29) is 6.42 Å². The summed E-state index contributed by atoms with van der Waals surface area (Å²) in [5.74, 6) is 0. The molecule has 1 unspecified atom stereocenters. The average molecular weight is 212 g/mol. The molecule has 13 heavy (non-hydrogen) atoms. The summed E-state index contributed by atoms with van der Waals surface area (Å²) in [5, 5.41) is 1.69. The van der Waals surface area contributed by atoms with Crippen molar-refractivity contribution in [3.8, 4) is 0 Å². The normalized spacial score (nSPS) is 23.6. The van der Waals surface area contributed by atoms with E-state index in [0.29, 0.717) is 5.70 Å². The Kier molecular flexibility index (Phi) is 2.91. The van der Waals surface area contributed by atoms with Gasteiger partial charge in [-0.25, -0.2) is 0 Å². The summed E-state index contributed by atoms with van der Waals surface area (Å²) in [7, 11) is 1.57. The Morgan fingerprint density at radius 2 is 2.15 bits per heavy atom. The molecule has 0 amide bonds. The molecule has 0 saturated heterocycles. The van der Waals surface area contributed by atoms with Crippen LogP contribution in [0.2, 0.25) is 0 Å². The van der Waals surface area contributed by atoms with Gasteiger partial charge in [0.15, 0.2) is 0 Å². The van der Waals surface area contributed by atoms with Crippen LogP contribution in [0.1, 0.15) is 6.42 Å². The zero-order chi connectivity index (χ0) is 10.1. The molecule has 1 aliphatic rings. The topological polar surface area (TPSA) is 12.0 Å². The van der Waals surface area contributed by atoms with E-state index in [1.54, 1.807) is 13.1 Å². The highest BCUT2D eigenvalue weighted by Crippen LogP contribution is 2.35. The molecule has 74 valence electrons. The van der Waals surface area contributed by atoms with Crippen LogP contribution in [0.5, 0.6) is 0 Å². The van der Waals surface area contributed by atoms with Gasteiger partial charge in [-0.05, 0) is 12.5 Å². The third-order valence-electron chi connectivity index (χ3n) is 1.81. The molecule has 0 saturated carbocycles. The maximum atomic E-state index is 12.3. The van der Waals surface area contributed by atoms with E-state index in [4.69, 9.17) is 11.6 Å². The van der Waals surface area contributed by atoms with Gasteiger partial charge in [0, 0.05) is 12.7 Å². The number of nitrogens with one attached hydrogen (secondary N) is 1. The molecule has 0 spiro atoms. The second-order valence-corrected chi connectivity index (χ2v) is 3.24. The molecule has 0 heterocycles. The van der Waals surface area contributed by atoms with Gasteiger partial charge in [0.1, 0.15) is 0 Å². The van der Waals surface area contributed by atoms with Crippen LogP contribution in [-0.4, -0.2) is 18.6 Å². The highest BCUT2D eigenvalue weighted by molar-refractivity contribution is 6.22. The number of allylic oxidation sites excluding steroid dienone is 3. The fourth-order valence-electron chi connectivity index (χ4n) is 1.11. The predicted octanol–water partition coefficient (Wildman–Crippen LogP) is 2.59. The van der Waals surface area contributed by atoms with Gasteiger partial charge < -0.3 is 5.32 Å². The molecule has 1 rings (SSSR count). The quantitative estimate of drug-likeness (QED) is 0.658. The van der Waals surface area contributed by atoms with Crippen molar-refractivity contribution in [1.82, 2.24) is 5.32 Å². The maximum Gasteiger partial charge on any atom is 0.414 e. The predicted molar refractivity (Wildman–Crippen MR) is 45.5 cm³/mol. The van der Waals surface area contributed by atoms with Crippen LogP contribution in [-0.2, 0) is 0 Å². The zero-order valence-corrected chi connectivity index (χ0v) is 7.71. The van der Waals surface area contributed by atoms with E-state index in [1.165, 1.54) is 0 Å². The molecule has 1 atom stereocenters. The lowest BCUT2D eigenvalue weighted by molar-refractivity contribution is -0.0936. The van der Waals surface area contributed by atoms with Gasteiger partial charge >= 0.3 is 6.18 Å². The van der Waals surface area contributed by atoms with E-state index in [9.17, 15) is 13.2 Å². The highest BCUT2D eigenvalue weighted by atomic mass is 35.5. The molecule has 0 aromatic heterocycles. The zero-order valence-electron chi connectivity index (χ0n) is 6.95. The number of alkyl halides is 4. The summed E-state index contributed by atoms with van der Waals surface area (Å²) in [4.78, 5) is 0. The number of halogens is 4. The van der Waals surface area contributed by atoms with Gasteiger partial charge in [-0.3, -0.25) is 0 Å². The summed E-state index contributed by atoms with van der Waals surface area (Å²) >= 11 is 5.53. The van der Waals surface area contributed by atoms with Gasteiger partial charge in [0.05, 0.1) is 11.0 Å². The smallest absolute Gasteiger partial charge is 0.388 e. The van der Waals surface area contributed by atoms with Crippen LogP contribution in [0.3, 0.4) is 0 Å². The lowest BCUT2D eigenvalue weighted by Crippen LogP contribution is -2.24. The molecule has 5 heteroatoms. The average Bonchev–Trinajstić information content (AvgIpc) is 2.03. The summed E-state index contributed by atoms with van der Waals surface area (Å²) in [6.45, 7) is 0. The minimum absolute atomic E-state index is 0.211. The van der Waals surface area contributed by atoms with Crippen molar-refractivity contribution in [1.29, 1.82) is 0 Å². The van der Waals surface area contributed by atoms with Gasteiger partial charge in [-0.1, -0.05) is 6.08 Å². The van der Waals surface area contributed by atoms with E-state index >= 15 is 0 Å². The fraction of sp³-hybridized carbons (Fsp3) is 0.500. The first kappa shape index (κ1) is 10.4. The Morgan fingerprint density at radius 3 is 2.62 bits per heavy atom. The van der Waals surface area contributed by atoms with Crippen molar-refractivity contribution in [3.05, 3.63) is 23.4 Å². The molecule has 0 radical (unpaired) electrons. The van der Waals surface area contributed by atoms with Gasteiger partial charge in [0.2, 0.25) is 0 Å². The van der Waals surface area contributed by atoms with Crippen LogP contribution in [0.25, 0.3) is 0 Å². The van der Waals surface area contributed by atoms with Crippen molar-refractivity contribution in [3.63, 3.8) is 0 Å². The minimum atomic E-state index is -4.33. The largest absolute Gasteiger partial charge is 0.414 e. The lowest BCUT2D eigenvalue weighted by atomic mass is 10.0. The molecule has 1 nitrogen and oxygen atoms in total. The molecule has 0 fully saturated rings. The summed E-state index contributed by atoms with van der Waals surface area (Å²) in [6.07, 6.45) is -1.43. The van der Waals surface area contributed by atoms with Gasteiger partial charge in [-0.2, -0.15) is 13.2 Å². The van der Waals surface area contributed by atoms with Gasteiger partial charge in [-0.15, -0.1) is 11.6 Å². The highest BCUT2D eigenvalue weighted by Gasteiger charge is 2.38. The van der Waals surface area contributed by atoms with Crippen molar-refractivity contribution in [2.24, 2.45) is 0 Å². The Morgan fingerprint density at radius 1 is 1.54 bits per heavy atom. The monoisotopic (exact) mass is 211 g/mol. The minimum Gasteiger partial charge on any atom is -0.388 e. The molecular formula is C8H9ClF3N. The molecule has 0 aliphatic heterocycles. The summed E-state index contributed by atoms with van der Waals surface area (Å²) in [6, 6.07) is 0. The number of hydrogen-bond acceptors (Lipinski definition) is 1. The number of hydrogen-bond donors (Lipinski definition) is 1. The Bertz CT molecular complexity index is 255. The Balaban J connectivity index is 2.92. The third-order valence-corrected chi connectivity index (χ3v) is 2.22. The first-order chi connectivity index (χ1) is 5.95. The Hall–Kier alpha value is -0.640. The third kappa shape index (κ3) is 2.40. The summed E-state index contributed by atoms with van der Waals surface area (Å²) < 4.78 is 36.9. The van der Waals surface area contributed by atoms with Crippen LogP contribution in [0.15, 0.2) is 23.4 Å². The standard InChI is InChI=1S/C8H9ClF3N/c1-13-5-2-3-7(9)6(4-5)8(10,11)12/h2,4,7,13H,3H2,1H3. The van der Waals surface area contributed by atoms with Gasteiger partial charge in [0.25, 0.3) is 0 Å². The van der Waals surface area contributed by atoms with Crippen molar-refractivity contribution < 1.29 is 13.2 Å². The maximum absolute atomic E-state index is 12.3. The van der Waals surface area contributed by atoms with Crippen LogP contribution >= 0.6 is 11.6 Å². The molecule has 0 aromatic rings. The number of rotatable bonds is 1. The second-order valence-electron chi connectivity index (χ2n) is 2.71. The number of likely N-dealkylation sites (N-methyl/N-ethyl adjacent to an activating group) is 1.